The minimum atomic E-state index is -3.58. The summed E-state index contributed by atoms with van der Waals surface area (Å²) in [4.78, 5) is 3.58. The van der Waals surface area contributed by atoms with Crippen molar-refractivity contribution in [2.75, 3.05) is 31.9 Å². The van der Waals surface area contributed by atoms with Crippen LogP contribution in [-0.2, 0) is 10.0 Å². The van der Waals surface area contributed by atoms with Crippen molar-refractivity contribution in [1.82, 2.24) is 9.21 Å². The molecule has 3 rings (SSSR count). The fourth-order valence-electron chi connectivity index (χ4n) is 3.83. The molecule has 0 aromatic heterocycles. The third-order valence-corrected chi connectivity index (χ3v) is 8.56. The van der Waals surface area contributed by atoms with Crippen LogP contribution in [0.2, 0.25) is 0 Å². The SMILES string of the molecule is C[C@H](CS)N(CCN1CCCCC1)S(=O)(=O)c1ccc(C2=CC=CCC2=S)cc1.Cl. The van der Waals surface area contributed by atoms with E-state index in [2.05, 4.69) is 17.5 Å². The monoisotopic (exact) mass is 486 g/mol. The highest BCUT2D eigenvalue weighted by Crippen LogP contribution is 2.25. The molecule has 0 bridgehead atoms. The maximum atomic E-state index is 13.4. The van der Waals surface area contributed by atoms with Crippen LogP contribution in [0.5, 0.6) is 0 Å². The van der Waals surface area contributed by atoms with Crippen molar-refractivity contribution in [3.8, 4) is 0 Å². The zero-order valence-electron chi connectivity index (χ0n) is 17.4. The van der Waals surface area contributed by atoms with E-state index in [0.29, 0.717) is 17.2 Å². The van der Waals surface area contributed by atoms with E-state index in [1.807, 2.05) is 37.3 Å². The molecule has 30 heavy (non-hydrogen) atoms. The van der Waals surface area contributed by atoms with Gasteiger partial charge in [0, 0.05) is 36.2 Å². The molecule has 0 amide bonds. The number of piperidine rings is 1. The summed E-state index contributed by atoms with van der Waals surface area (Å²) in [6.07, 6.45) is 10.4. The average Bonchev–Trinajstić information content (AvgIpc) is 2.74. The summed E-state index contributed by atoms with van der Waals surface area (Å²) in [5.41, 5.74) is 1.96. The lowest BCUT2D eigenvalue weighted by atomic mass is 9.97. The molecular formula is C22H31ClN2O2S3. The molecular weight excluding hydrogens is 456 g/mol. The smallest absolute Gasteiger partial charge is 0.243 e. The molecule has 1 aliphatic carbocycles. The highest BCUT2D eigenvalue weighted by atomic mass is 35.5. The summed E-state index contributed by atoms with van der Waals surface area (Å²) in [5, 5.41) is 0. The zero-order chi connectivity index (χ0) is 20.9. The molecule has 1 fully saturated rings. The number of likely N-dealkylation sites (tertiary alicyclic amines) is 1. The van der Waals surface area contributed by atoms with E-state index >= 15 is 0 Å². The Labute approximate surface area is 198 Å². The van der Waals surface area contributed by atoms with E-state index in [4.69, 9.17) is 12.2 Å². The molecule has 0 spiro atoms. The van der Waals surface area contributed by atoms with Crippen LogP contribution >= 0.6 is 37.3 Å². The summed E-state index contributed by atoms with van der Waals surface area (Å²) in [6, 6.07) is 6.96. The first-order valence-corrected chi connectivity index (χ1v) is 12.8. The van der Waals surface area contributed by atoms with Gasteiger partial charge in [-0.1, -0.05) is 49.0 Å². The molecule has 1 aromatic carbocycles. The molecule has 4 nitrogen and oxygen atoms in total. The first-order valence-electron chi connectivity index (χ1n) is 10.3. The Morgan fingerprint density at radius 1 is 1.17 bits per heavy atom. The van der Waals surface area contributed by atoms with E-state index in [1.54, 1.807) is 16.4 Å². The molecule has 166 valence electrons. The van der Waals surface area contributed by atoms with Crippen molar-refractivity contribution in [2.45, 2.75) is 43.5 Å². The fraction of sp³-hybridized carbons (Fsp3) is 0.500. The first-order chi connectivity index (χ1) is 13.9. The molecule has 0 saturated carbocycles. The summed E-state index contributed by atoms with van der Waals surface area (Å²) in [7, 11) is -3.58. The van der Waals surface area contributed by atoms with Gasteiger partial charge in [0.05, 0.1) is 4.90 Å². The van der Waals surface area contributed by atoms with Gasteiger partial charge in [0.25, 0.3) is 0 Å². The second-order valence-corrected chi connectivity index (χ2v) is 10.5. The number of sulfonamides is 1. The third-order valence-electron chi connectivity index (χ3n) is 5.62. The molecule has 0 N–H and O–H groups in total. The van der Waals surface area contributed by atoms with Crippen LogP contribution in [0.4, 0.5) is 0 Å². The van der Waals surface area contributed by atoms with Crippen LogP contribution in [0.1, 0.15) is 38.2 Å². The van der Waals surface area contributed by atoms with Gasteiger partial charge in [-0.05, 0) is 56.1 Å². The van der Waals surface area contributed by atoms with Gasteiger partial charge >= 0.3 is 0 Å². The maximum absolute atomic E-state index is 13.4. The Morgan fingerprint density at radius 3 is 2.43 bits per heavy atom. The van der Waals surface area contributed by atoms with Crippen LogP contribution < -0.4 is 0 Å². The van der Waals surface area contributed by atoms with E-state index in [1.165, 1.54) is 19.3 Å². The number of hydrogen-bond donors (Lipinski definition) is 1. The Bertz CT molecular complexity index is 876. The van der Waals surface area contributed by atoms with Crippen LogP contribution in [0.3, 0.4) is 0 Å². The van der Waals surface area contributed by atoms with Gasteiger partial charge in [-0.3, -0.25) is 0 Å². The minimum absolute atomic E-state index is 0. The number of nitrogens with zero attached hydrogens (tertiary/aromatic N) is 2. The van der Waals surface area contributed by atoms with Crippen molar-refractivity contribution in [3.05, 3.63) is 48.1 Å². The van der Waals surface area contributed by atoms with Gasteiger partial charge in [0.2, 0.25) is 10.0 Å². The molecule has 1 atom stereocenters. The van der Waals surface area contributed by atoms with E-state index in [9.17, 15) is 8.42 Å². The largest absolute Gasteiger partial charge is 0.302 e. The molecule has 8 heteroatoms. The van der Waals surface area contributed by atoms with E-state index in [0.717, 1.165) is 42.1 Å². The molecule has 2 aliphatic rings. The van der Waals surface area contributed by atoms with E-state index in [-0.39, 0.29) is 18.4 Å². The molecule has 0 radical (unpaired) electrons. The van der Waals surface area contributed by atoms with Gasteiger partial charge in [-0.2, -0.15) is 16.9 Å². The van der Waals surface area contributed by atoms with Gasteiger partial charge in [-0.15, -0.1) is 12.4 Å². The number of thiocarbonyl (C=S) groups is 1. The molecule has 1 aromatic rings. The number of benzene rings is 1. The van der Waals surface area contributed by atoms with Crippen LogP contribution in [0.25, 0.3) is 5.57 Å². The standard InChI is InChI=1S/C22H30N2O2S3.ClH/c1-18(17-27)24(16-15-23-13-5-2-6-14-23)29(25,26)20-11-9-19(10-12-20)21-7-3-4-8-22(21)28;/h3-4,7,9-12,18,27H,2,5-6,8,13-17H2,1H3;1H/t18-;/m1./s1. The Morgan fingerprint density at radius 2 is 1.83 bits per heavy atom. The number of rotatable bonds is 8. The van der Waals surface area contributed by atoms with Crippen LogP contribution in [0, 0.1) is 0 Å². The Balaban J connectivity index is 0.00000320. The summed E-state index contributed by atoms with van der Waals surface area (Å²) in [6.45, 7) is 5.30. The summed E-state index contributed by atoms with van der Waals surface area (Å²) >= 11 is 9.81. The highest BCUT2D eigenvalue weighted by molar-refractivity contribution is 7.89. The predicted octanol–water partition coefficient (Wildman–Crippen LogP) is 4.62. The van der Waals surface area contributed by atoms with Gasteiger partial charge in [0.1, 0.15) is 0 Å². The normalized spacial score (nSPS) is 18.8. The lowest BCUT2D eigenvalue weighted by Gasteiger charge is -2.32. The zero-order valence-corrected chi connectivity index (χ0v) is 20.7. The molecule has 1 saturated heterocycles. The van der Waals surface area contributed by atoms with Crippen LogP contribution in [0.15, 0.2) is 47.4 Å². The van der Waals surface area contributed by atoms with Crippen molar-refractivity contribution >= 4 is 57.7 Å². The quantitative estimate of drug-likeness (QED) is 0.430. The fourth-order valence-corrected chi connectivity index (χ4v) is 6.04. The minimum Gasteiger partial charge on any atom is -0.302 e. The number of allylic oxidation sites excluding steroid dienone is 4. The predicted molar refractivity (Wildman–Crippen MR) is 136 cm³/mol. The number of halogens is 1. The van der Waals surface area contributed by atoms with Crippen molar-refractivity contribution in [1.29, 1.82) is 0 Å². The number of thiol groups is 1. The van der Waals surface area contributed by atoms with Gasteiger partial charge in [0.15, 0.2) is 0 Å². The van der Waals surface area contributed by atoms with Gasteiger partial charge < -0.3 is 4.90 Å². The first kappa shape index (κ1) is 25.6. The lowest BCUT2D eigenvalue weighted by molar-refractivity contribution is 0.205. The highest BCUT2D eigenvalue weighted by Gasteiger charge is 2.29. The van der Waals surface area contributed by atoms with Crippen LogP contribution in [-0.4, -0.2) is 60.5 Å². The second kappa shape index (κ2) is 11.8. The lowest BCUT2D eigenvalue weighted by Crippen LogP contribution is -2.45. The van der Waals surface area contributed by atoms with Crippen molar-refractivity contribution < 1.29 is 8.42 Å². The molecule has 0 unspecified atom stereocenters. The topological polar surface area (TPSA) is 40.6 Å². The molecule has 1 heterocycles. The van der Waals surface area contributed by atoms with Crippen molar-refractivity contribution in [3.63, 3.8) is 0 Å². The maximum Gasteiger partial charge on any atom is 0.243 e. The average molecular weight is 487 g/mol. The van der Waals surface area contributed by atoms with Gasteiger partial charge in [-0.25, -0.2) is 8.42 Å². The third kappa shape index (κ3) is 6.17. The second-order valence-electron chi connectivity index (χ2n) is 7.71. The molecule has 1 aliphatic heterocycles. The summed E-state index contributed by atoms with van der Waals surface area (Å²) in [5.74, 6) is 0.491. The summed E-state index contributed by atoms with van der Waals surface area (Å²) < 4.78 is 28.4. The Kier molecular flexibility index (Phi) is 10.0. The van der Waals surface area contributed by atoms with Crippen molar-refractivity contribution in [2.24, 2.45) is 0 Å². The number of hydrogen-bond acceptors (Lipinski definition) is 5. The van der Waals surface area contributed by atoms with E-state index < -0.39 is 10.0 Å². The Hall–Kier alpha value is -0.700.